The number of benzene rings is 2. The Hall–Kier alpha value is -3.94. The Morgan fingerprint density at radius 2 is 1.76 bits per heavy atom. The van der Waals surface area contributed by atoms with Gasteiger partial charge in [0, 0.05) is 11.3 Å². The van der Waals surface area contributed by atoms with Gasteiger partial charge in [-0.15, -0.1) is 0 Å². The number of carbonyl (C=O) groups excluding carboxylic acids is 3. The molecule has 1 aromatic heterocycles. The number of amides is 1. The van der Waals surface area contributed by atoms with E-state index in [1.807, 2.05) is 0 Å². The molecule has 7 nitrogen and oxygen atoms in total. The highest BCUT2D eigenvalue weighted by Gasteiger charge is 2.16. The van der Waals surface area contributed by atoms with Gasteiger partial charge < -0.3 is 19.2 Å². The summed E-state index contributed by atoms with van der Waals surface area (Å²) >= 11 is 0. The molecule has 1 heterocycles. The number of furan rings is 1. The minimum atomic E-state index is -0.822. The van der Waals surface area contributed by atoms with Crippen molar-refractivity contribution in [2.75, 3.05) is 19.0 Å². The van der Waals surface area contributed by atoms with E-state index >= 15 is 0 Å². The Labute approximate surface area is 165 Å². The van der Waals surface area contributed by atoms with E-state index in [0.29, 0.717) is 17.0 Å². The zero-order chi connectivity index (χ0) is 20.8. The van der Waals surface area contributed by atoms with Crippen molar-refractivity contribution in [1.82, 2.24) is 0 Å². The van der Waals surface area contributed by atoms with Crippen LogP contribution >= 0.6 is 0 Å². The smallest absolute Gasteiger partial charge is 0.374 e. The Morgan fingerprint density at radius 1 is 1.00 bits per heavy atom. The third-order valence-corrected chi connectivity index (χ3v) is 3.84. The highest BCUT2D eigenvalue weighted by atomic mass is 19.1. The van der Waals surface area contributed by atoms with Crippen molar-refractivity contribution in [3.05, 3.63) is 77.8 Å². The molecule has 3 rings (SSSR count). The van der Waals surface area contributed by atoms with Gasteiger partial charge in [-0.25, -0.2) is 14.0 Å². The summed E-state index contributed by atoms with van der Waals surface area (Å²) in [6.07, 6.45) is 0. The van der Waals surface area contributed by atoms with E-state index in [9.17, 15) is 18.8 Å². The lowest BCUT2D eigenvalue weighted by Crippen LogP contribution is -2.21. The number of carbonyl (C=O) groups is 3. The van der Waals surface area contributed by atoms with Crippen molar-refractivity contribution in [3.63, 3.8) is 0 Å². The summed E-state index contributed by atoms with van der Waals surface area (Å²) < 4.78 is 27.9. The first-order valence-electron chi connectivity index (χ1n) is 8.47. The summed E-state index contributed by atoms with van der Waals surface area (Å²) in [5.74, 6) is -2.07. The van der Waals surface area contributed by atoms with Gasteiger partial charge in [-0.3, -0.25) is 4.79 Å². The number of hydrogen-bond acceptors (Lipinski definition) is 6. The van der Waals surface area contributed by atoms with Gasteiger partial charge in [0.05, 0.1) is 12.7 Å². The summed E-state index contributed by atoms with van der Waals surface area (Å²) in [5, 5.41) is 2.51. The zero-order valence-corrected chi connectivity index (χ0v) is 15.3. The molecule has 0 aliphatic rings. The molecule has 1 amide bonds. The molecule has 0 bridgehead atoms. The van der Waals surface area contributed by atoms with Gasteiger partial charge in [0.25, 0.3) is 5.91 Å². The van der Waals surface area contributed by atoms with Crippen molar-refractivity contribution in [2.24, 2.45) is 0 Å². The molecule has 29 heavy (non-hydrogen) atoms. The first-order valence-corrected chi connectivity index (χ1v) is 8.47. The van der Waals surface area contributed by atoms with Gasteiger partial charge in [0.15, 0.2) is 6.61 Å². The summed E-state index contributed by atoms with van der Waals surface area (Å²) in [6, 6.07) is 14.6. The molecule has 0 unspecified atom stereocenters. The summed E-state index contributed by atoms with van der Waals surface area (Å²) in [7, 11) is 1.25. The fraction of sp³-hybridized carbons (Fsp3) is 0.0952. The first kappa shape index (κ1) is 19.8. The van der Waals surface area contributed by atoms with Gasteiger partial charge in [0.2, 0.25) is 5.76 Å². The molecule has 0 radical (unpaired) electrons. The van der Waals surface area contributed by atoms with Crippen molar-refractivity contribution < 1.29 is 32.7 Å². The highest BCUT2D eigenvalue weighted by molar-refractivity contribution is 5.96. The molecule has 3 aromatic rings. The minimum Gasteiger partial charge on any atom is -0.465 e. The molecule has 0 atom stereocenters. The Morgan fingerprint density at radius 3 is 2.48 bits per heavy atom. The van der Waals surface area contributed by atoms with E-state index in [4.69, 9.17) is 9.15 Å². The van der Waals surface area contributed by atoms with Gasteiger partial charge >= 0.3 is 11.9 Å². The third kappa shape index (κ3) is 5.07. The molecule has 0 spiro atoms. The largest absolute Gasteiger partial charge is 0.465 e. The normalized spacial score (nSPS) is 10.3. The van der Waals surface area contributed by atoms with E-state index in [1.165, 1.54) is 49.6 Å². The number of halogens is 1. The van der Waals surface area contributed by atoms with Crippen LogP contribution in [-0.4, -0.2) is 31.6 Å². The number of esters is 2. The lowest BCUT2D eigenvalue weighted by atomic mass is 10.2. The molecular formula is C21H16FNO6. The van der Waals surface area contributed by atoms with E-state index in [0.717, 1.165) is 0 Å². The van der Waals surface area contributed by atoms with Crippen LogP contribution < -0.4 is 5.32 Å². The van der Waals surface area contributed by atoms with Crippen LogP contribution in [0, 0.1) is 5.82 Å². The second-order valence-corrected chi connectivity index (χ2v) is 5.87. The molecule has 0 saturated carbocycles. The maximum Gasteiger partial charge on any atom is 0.374 e. The number of ether oxygens (including phenoxy) is 2. The second kappa shape index (κ2) is 8.83. The fourth-order valence-electron chi connectivity index (χ4n) is 2.46. The van der Waals surface area contributed by atoms with Crippen molar-refractivity contribution in [1.29, 1.82) is 0 Å². The van der Waals surface area contributed by atoms with Crippen molar-refractivity contribution >= 4 is 23.5 Å². The molecule has 0 fully saturated rings. The standard InChI is InChI=1S/C21H16FNO6/c1-27-20(25)14-3-2-4-16(11-14)23-19(24)12-28-21(26)18-10-9-17(29-18)13-5-7-15(22)8-6-13/h2-11H,12H2,1H3,(H,23,24). The topological polar surface area (TPSA) is 94.8 Å². The molecule has 8 heteroatoms. The van der Waals surface area contributed by atoms with Crippen LogP contribution in [0.3, 0.4) is 0 Å². The molecule has 0 aliphatic heterocycles. The average Bonchev–Trinajstić information content (AvgIpc) is 3.22. The number of nitrogens with one attached hydrogen (secondary N) is 1. The summed E-state index contributed by atoms with van der Waals surface area (Å²) in [5.41, 5.74) is 1.21. The molecule has 148 valence electrons. The van der Waals surface area contributed by atoms with Crippen molar-refractivity contribution in [2.45, 2.75) is 0 Å². The number of anilines is 1. The maximum atomic E-state index is 13.0. The van der Waals surface area contributed by atoms with Gasteiger partial charge in [-0.1, -0.05) is 6.07 Å². The van der Waals surface area contributed by atoms with Crippen LogP contribution in [-0.2, 0) is 14.3 Å². The predicted molar refractivity (Wildman–Crippen MR) is 101 cm³/mol. The second-order valence-electron chi connectivity index (χ2n) is 5.87. The number of methoxy groups -OCH3 is 1. The average molecular weight is 397 g/mol. The lowest BCUT2D eigenvalue weighted by molar-refractivity contribution is -0.119. The van der Waals surface area contributed by atoms with E-state index in [1.54, 1.807) is 18.2 Å². The van der Waals surface area contributed by atoms with Crippen LogP contribution in [0.1, 0.15) is 20.9 Å². The Balaban J connectivity index is 1.56. The summed E-state index contributed by atoms with van der Waals surface area (Å²) in [4.78, 5) is 35.6. The molecule has 0 aliphatic carbocycles. The van der Waals surface area contributed by atoms with Gasteiger partial charge in [-0.2, -0.15) is 0 Å². The first-order chi connectivity index (χ1) is 14.0. The van der Waals surface area contributed by atoms with Gasteiger partial charge in [-0.05, 0) is 54.6 Å². The minimum absolute atomic E-state index is 0.0928. The maximum absolute atomic E-state index is 13.0. The van der Waals surface area contributed by atoms with Crippen LogP contribution in [0.2, 0.25) is 0 Å². The SMILES string of the molecule is COC(=O)c1cccc(NC(=O)COC(=O)c2ccc(-c3ccc(F)cc3)o2)c1. The molecule has 0 saturated heterocycles. The number of rotatable bonds is 6. The Bertz CT molecular complexity index is 1040. The van der Waals surface area contributed by atoms with Crippen molar-refractivity contribution in [3.8, 4) is 11.3 Å². The van der Waals surface area contributed by atoms with Crippen LogP contribution in [0.25, 0.3) is 11.3 Å². The predicted octanol–water partition coefficient (Wildman–Crippen LogP) is 3.67. The van der Waals surface area contributed by atoms with Crippen LogP contribution in [0.4, 0.5) is 10.1 Å². The molecule has 2 aromatic carbocycles. The van der Waals surface area contributed by atoms with Gasteiger partial charge in [0.1, 0.15) is 11.6 Å². The third-order valence-electron chi connectivity index (χ3n) is 3.84. The lowest BCUT2D eigenvalue weighted by Gasteiger charge is -2.07. The summed E-state index contributed by atoms with van der Waals surface area (Å²) in [6.45, 7) is -0.548. The Kier molecular flexibility index (Phi) is 6.03. The number of hydrogen-bond donors (Lipinski definition) is 1. The van der Waals surface area contributed by atoms with E-state index in [2.05, 4.69) is 10.1 Å². The van der Waals surface area contributed by atoms with Crippen LogP contribution in [0.15, 0.2) is 65.1 Å². The van der Waals surface area contributed by atoms with E-state index in [-0.39, 0.29) is 17.1 Å². The quantitative estimate of drug-likeness (QED) is 0.638. The zero-order valence-electron chi connectivity index (χ0n) is 15.3. The monoisotopic (exact) mass is 397 g/mol. The molecule has 1 N–H and O–H groups in total. The van der Waals surface area contributed by atoms with Crippen LogP contribution in [0.5, 0.6) is 0 Å². The molecular weight excluding hydrogens is 381 g/mol. The highest BCUT2D eigenvalue weighted by Crippen LogP contribution is 2.22. The fourth-order valence-corrected chi connectivity index (χ4v) is 2.46. The van der Waals surface area contributed by atoms with E-state index < -0.39 is 24.5 Å².